The lowest BCUT2D eigenvalue weighted by Gasteiger charge is -2.30. The first-order chi connectivity index (χ1) is 10.6. The van der Waals surface area contributed by atoms with Crippen LogP contribution in [-0.2, 0) is 11.3 Å². The molecular formula is C16H17N3O3. The van der Waals surface area contributed by atoms with Crippen LogP contribution in [0.3, 0.4) is 0 Å². The van der Waals surface area contributed by atoms with E-state index < -0.39 is 0 Å². The number of carbonyl (C=O) groups is 2. The second-order valence-electron chi connectivity index (χ2n) is 5.37. The van der Waals surface area contributed by atoms with Gasteiger partial charge in [-0.25, -0.2) is 9.78 Å². The summed E-state index contributed by atoms with van der Waals surface area (Å²) in [6.07, 6.45) is 1.95. The van der Waals surface area contributed by atoms with Crippen LogP contribution in [0, 0.1) is 6.92 Å². The molecule has 0 spiro atoms. The fourth-order valence-corrected chi connectivity index (χ4v) is 2.45. The van der Waals surface area contributed by atoms with E-state index in [0.717, 1.165) is 11.1 Å². The number of urea groups is 1. The number of benzene rings is 1. The fourth-order valence-electron chi connectivity index (χ4n) is 2.45. The molecule has 1 aliphatic rings. The summed E-state index contributed by atoms with van der Waals surface area (Å²) in [4.78, 5) is 30.8. The average Bonchev–Trinajstić information content (AvgIpc) is 2.96. The van der Waals surface area contributed by atoms with Gasteiger partial charge in [0.05, 0.1) is 6.20 Å². The van der Waals surface area contributed by atoms with Gasteiger partial charge < -0.3 is 9.32 Å². The molecule has 114 valence electrons. The molecule has 6 heteroatoms. The van der Waals surface area contributed by atoms with Crippen molar-refractivity contribution < 1.29 is 14.0 Å². The molecule has 1 aliphatic heterocycles. The third kappa shape index (κ3) is 2.59. The minimum Gasteiger partial charge on any atom is -0.439 e. The van der Waals surface area contributed by atoms with Crippen molar-refractivity contribution >= 4 is 11.9 Å². The van der Waals surface area contributed by atoms with Crippen molar-refractivity contribution in [3.63, 3.8) is 0 Å². The van der Waals surface area contributed by atoms with Gasteiger partial charge in [-0.15, -0.1) is 0 Å². The van der Waals surface area contributed by atoms with Gasteiger partial charge in [-0.1, -0.05) is 24.3 Å². The number of rotatable bonds is 3. The predicted molar refractivity (Wildman–Crippen MR) is 79.9 cm³/mol. The summed E-state index contributed by atoms with van der Waals surface area (Å²) in [5, 5.41) is 0. The summed E-state index contributed by atoms with van der Waals surface area (Å²) < 4.78 is 5.71. The molecule has 0 unspecified atom stereocenters. The molecule has 1 fully saturated rings. The largest absolute Gasteiger partial charge is 0.439 e. The topological polar surface area (TPSA) is 66.7 Å². The number of carbonyl (C=O) groups excluding carboxylic acids is 2. The highest BCUT2D eigenvalue weighted by Crippen LogP contribution is 2.24. The van der Waals surface area contributed by atoms with Gasteiger partial charge >= 0.3 is 6.03 Å². The first kappa shape index (κ1) is 14.3. The fraction of sp³-hybridized carbons (Fsp3) is 0.312. The van der Waals surface area contributed by atoms with E-state index in [2.05, 4.69) is 4.98 Å². The molecule has 1 saturated heterocycles. The molecule has 0 atom stereocenters. The van der Waals surface area contributed by atoms with Gasteiger partial charge in [0.25, 0.3) is 0 Å². The highest BCUT2D eigenvalue weighted by atomic mass is 16.4. The van der Waals surface area contributed by atoms with Crippen LogP contribution in [-0.4, -0.2) is 40.3 Å². The molecule has 0 bridgehead atoms. The van der Waals surface area contributed by atoms with Gasteiger partial charge in [0.15, 0.2) is 5.76 Å². The van der Waals surface area contributed by atoms with Gasteiger partial charge in [-0.05, 0) is 12.5 Å². The second kappa shape index (κ2) is 5.63. The van der Waals surface area contributed by atoms with Crippen molar-refractivity contribution in [1.29, 1.82) is 0 Å². The lowest BCUT2D eigenvalue weighted by Crippen LogP contribution is -2.50. The first-order valence-corrected chi connectivity index (χ1v) is 7.12. The Kier molecular flexibility index (Phi) is 3.66. The molecule has 0 N–H and O–H groups in total. The number of nitrogens with zero attached hydrogens (tertiary/aromatic N) is 3. The van der Waals surface area contributed by atoms with Gasteiger partial charge in [0.2, 0.25) is 11.8 Å². The maximum absolute atomic E-state index is 12.0. The first-order valence-electron chi connectivity index (χ1n) is 7.12. The molecule has 1 aromatic carbocycles. The van der Waals surface area contributed by atoms with Crippen molar-refractivity contribution in [2.45, 2.75) is 19.9 Å². The molecule has 0 aliphatic carbocycles. The molecule has 3 rings (SSSR count). The smallest absolute Gasteiger partial charge is 0.326 e. The predicted octanol–water partition coefficient (Wildman–Crippen LogP) is 2.43. The molecule has 22 heavy (non-hydrogen) atoms. The minimum atomic E-state index is -0.313. The summed E-state index contributed by atoms with van der Waals surface area (Å²) in [6, 6.07) is 7.51. The van der Waals surface area contributed by atoms with E-state index in [4.69, 9.17) is 4.42 Å². The Labute approximate surface area is 128 Å². The van der Waals surface area contributed by atoms with Crippen molar-refractivity contribution in [2.24, 2.45) is 0 Å². The number of oxazole rings is 1. The lowest BCUT2D eigenvalue weighted by molar-refractivity contribution is -0.131. The number of amides is 3. The molecule has 2 aromatic rings. The van der Waals surface area contributed by atoms with Crippen molar-refractivity contribution in [3.8, 4) is 11.3 Å². The Bertz CT molecular complexity index is 723. The van der Waals surface area contributed by atoms with Crippen LogP contribution >= 0.6 is 0 Å². The summed E-state index contributed by atoms with van der Waals surface area (Å²) in [7, 11) is 1.68. The van der Waals surface area contributed by atoms with Gasteiger partial charge in [-0.2, -0.15) is 0 Å². The zero-order valence-corrected chi connectivity index (χ0v) is 12.6. The van der Waals surface area contributed by atoms with Crippen LogP contribution in [0.15, 0.2) is 34.9 Å². The van der Waals surface area contributed by atoms with Crippen LogP contribution in [0.5, 0.6) is 0 Å². The van der Waals surface area contributed by atoms with E-state index in [1.54, 1.807) is 13.2 Å². The molecule has 0 saturated carbocycles. The Balaban J connectivity index is 1.81. The number of imide groups is 1. The lowest BCUT2D eigenvalue weighted by atomic mass is 10.1. The summed E-state index contributed by atoms with van der Waals surface area (Å²) in [5.41, 5.74) is 2.03. The zero-order chi connectivity index (χ0) is 15.7. The normalized spacial score (nSPS) is 15.5. The van der Waals surface area contributed by atoms with E-state index in [0.29, 0.717) is 24.6 Å². The zero-order valence-electron chi connectivity index (χ0n) is 12.6. The average molecular weight is 299 g/mol. The van der Waals surface area contributed by atoms with Crippen LogP contribution in [0.25, 0.3) is 11.3 Å². The van der Waals surface area contributed by atoms with Crippen molar-refractivity contribution in [3.05, 3.63) is 41.9 Å². The molecule has 0 radical (unpaired) electrons. The second-order valence-corrected chi connectivity index (χ2v) is 5.37. The summed E-state index contributed by atoms with van der Waals surface area (Å²) >= 11 is 0. The summed E-state index contributed by atoms with van der Waals surface area (Å²) in [6.45, 7) is 2.51. The highest BCUT2D eigenvalue weighted by molar-refractivity contribution is 5.96. The van der Waals surface area contributed by atoms with Gasteiger partial charge in [-0.3, -0.25) is 9.69 Å². The number of aryl methyl sites for hydroxylation is 1. The summed E-state index contributed by atoms with van der Waals surface area (Å²) in [5.74, 6) is 0.798. The van der Waals surface area contributed by atoms with E-state index >= 15 is 0 Å². The molecular weight excluding hydrogens is 282 g/mol. The third-order valence-corrected chi connectivity index (χ3v) is 3.78. The highest BCUT2D eigenvalue weighted by Gasteiger charge is 2.30. The molecule has 6 nitrogen and oxygen atoms in total. The van der Waals surface area contributed by atoms with E-state index in [1.807, 2.05) is 31.2 Å². The molecule has 1 aromatic heterocycles. The van der Waals surface area contributed by atoms with Crippen molar-refractivity contribution in [1.82, 2.24) is 14.8 Å². The van der Waals surface area contributed by atoms with Crippen LogP contribution < -0.4 is 0 Å². The Morgan fingerprint density at radius 1 is 1.27 bits per heavy atom. The van der Waals surface area contributed by atoms with E-state index in [1.165, 1.54) is 9.80 Å². The number of hydrogen-bond acceptors (Lipinski definition) is 4. The Morgan fingerprint density at radius 2 is 2.05 bits per heavy atom. The Morgan fingerprint density at radius 3 is 2.82 bits per heavy atom. The quantitative estimate of drug-likeness (QED) is 0.873. The number of aromatic nitrogens is 1. The maximum Gasteiger partial charge on any atom is 0.326 e. The maximum atomic E-state index is 12.0. The third-order valence-electron chi connectivity index (χ3n) is 3.78. The monoisotopic (exact) mass is 299 g/mol. The van der Waals surface area contributed by atoms with Crippen LogP contribution in [0.2, 0.25) is 0 Å². The molecule has 3 amide bonds. The van der Waals surface area contributed by atoms with Gasteiger partial charge in [0.1, 0.15) is 6.54 Å². The van der Waals surface area contributed by atoms with Crippen LogP contribution in [0.4, 0.5) is 4.79 Å². The van der Waals surface area contributed by atoms with Gasteiger partial charge in [0, 0.05) is 25.6 Å². The SMILES string of the molecule is Cc1ccccc1-c1cnc(CN2C(=O)CCN(C)C2=O)o1. The molecule has 2 heterocycles. The number of hydrogen-bond donors (Lipinski definition) is 0. The Hall–Kier alpha value is -2.63. The standard InChI is InChI=1S/C16H17N3O3/c1-11-5-3-4-6-12(11)13-9-17-14(22-13)10-19-15(20)7-8-18(2)16(19)21/h3-6,9H,7-8,10H2,1-2H3. The van der Waals surface area contributed by atoms with Crippen LogP contribution in [0.1, 0.15) is 17.9 Å². The minimum absolute atomic E-state index is 0.0634. The van der Waals surface area contributed by atoms with E-state index in [-0.39, 0.29) is 18.5 Å². The van der Waals surface area contributed by atoms with Crippen molar-refractivity contribution in [2.75, 3.05) is 13.6 Å². The van der Waals surface area contributed by atoms with E-state index in [9.17, 15) is 9.59 Å².